The van der Waals surface area contributed by atoms with Crippen molar-refractivity contribution in [3.8, 4) is 0 Å². The van der Waals surface area contributed by atoms with Crippen LogP contribution in [0, 0.1) is 0 Å². The predicted molar refractivity (Wildman–Crippen MR) is 44.1 cm³/mol. The Morgan fingerprint density at radius 3 is 2.67 bits per heavy atom. The zero-order chi connectivity index (χ0) is 9.19. The minimum Gasteiger partial charge on any atom is -0.480 e. The van der Waals surface area contributed by atoms with E-state index in [1.807, 2.05) is 6.92 Å². The molecule has 0 saturated heterocycles. The van der Waals surface area contributed by atoms with Crippen molar-refractivity contribution in [2.75, 3.05) is 13.7 Å². The standard InChI is InChI=1S/C8H15NO3/c1-3-12-6-4-8(5-6,9-2)7(10)11/h6,9H,3-5H2,1-2H3,(H,10,11). The van der Waals surface area contributed by atoms with Gasteiger partial charge in [0.25, 0.3) is 0 Å². The minimum absolute atomic E-state index is 0.124. The van der Waals surface area contributed by atoms with E-state index in [-0.39, 0.29) is 6.10 Å². The maximum absolute atomic E-state index is 10.8. The van der Waals surface area contributed by atoms with Gasteiger partial charge in [0.2, 0.25) is 0 Å². The molecule has 0 aromatic rings. The molecule has 0 aliphatic heterocycles. The van der Waals surface area contributed by atoms with Crippen molar-refractivity contribution in [3.05, 3.63) is 0 Å². The molecular weight excluding hydrogens is 158 g/mol. The first-order valence-electron chi connectivity index (χ1n) is 4.18. The van der Waals surface area contributed by atoms with Crippen LogP contribution in [0.25, 0.3) is 0 Å². The van der Waals surface area contributed by atoms with E-state index in [0.29, 0.717) is 19.4 Å². The van der Waals surface area contributed by atoms with E-state index in [1.54, 1.807) is 7.05 Å². The van der Waals surface area contributed by atoms with Gasteiger partial charge in [-0.05, 0) is 14.0 Å². The normalized spacial score (nSPS) is 34.3. The smallest absolute Gasteiger partial charge is 0.324 e. The van der Waals surface area contributed by atoms with Crippen LogP contribution >= 0.6 is 0 Å². The van der Waals surface area contributed by atoms with E-state index in [0.717, 1.165) is 0 Å². The Morgan fingerprint density at radius 1 is 1.75 bits per heavy atom. The van der Waals surface area contributed by atoms with Crippen LogP contribution in [0.5, 0.6) is 0 Å². The minimum atomic E-state index is -0.777. The average Bonchev–Trinajstić information content (AvgIpc) is 1.95. The summed E-state index contributed by atoms with van der Waals surface area (Å²) in [6.07, 6.45) is 1.28. The molecule has 4 heteroatoms. The summed E-state index contributed by atoms with van der Waals surface area (Å²) in [4.78, 5) is 10.8. The number of ether oxygens (including phenoxy) is 1. The molecule has 1 saturated carbocycles. The number of hydrogen-bond donors (Lipinski definition) is 2. The zero-order valence-corrected chi connectivity index (χ0v) is 7.46. The van der Waals surface area contributed by atoms with Crippen molar-refractivity contribution in [2.24, 2.45) is 0 Å². The summed E-state index contributed by atoms with van der Waals surface area (Å²) < 4.78 is 5.28. The Balaban J connectivity index is 2.41. The Hall–Kier alpha value is -0.610. The highest BCUT2D eigenvalue weighted by Crippen LogP contribution is 2.34. The van der Waals surface area contributed by atoms with Crippen LogP contribution < -0.4 is 5.32 Å². The SMILES string of the molecule is CCOC1CC(NC)(C(=O)O)C1. The molecule has 1 fully saturated rings. The molecular formula is C8H15NO3. The average molecular weight is 173 g/mol. The van der Waals surface area contributed by atoms with Crippen LogP contribution in [0.4, 0.5) is 0 Å². The lowest BCUT2D eigenvalue weighted by Crippen LogP contribution is -2.62. The van der Waals surface area contributed by atoms with Gasteiger partial charge in [-0.2, -0.15) is 0 Å². The Morgan fingerprint density at radius 2 is 2.33 bits per heavy atom. The Kier molecular flexibility index (Phi) is 2.69. The third-order valence-electron chi connectivity index (χ3n) is 2.44. The van der Waals surface area contributed by atoms with E-state index in [1.165, 1.54) is 0 Å². The molecule has 1 aliphatic carbocycles. The van der Waals surface area contributed by atoms with E-state index < -0.39 is 11.5 Å². The molecule has 0 bridgehead atoms. The molecule has 0 amide bonds. The second-order valence-corrected chi connectivity index (χ2v) is 3.12. The fourth-order valence-corrected chi connectivity index (χ4v) is 1.56. The van der Waals surface area contributed by atoms with Crippen LogP contribution in [-0.4, -0.2) is 36.4 Å². The molecule has 1 aliphatic rings. The third kappa shape index (κ3) is 1.44. The van der Waals surface area contributed by atoms with E-state index in [2.05, 4.69) is 5.32 Å². The molecule has 0 radical (unpaired) electrons. The summed E-state index contributed by atoms with van der Waals surface area (Å²) in [6.45, 7) is 2.57. The second-order valence-electron chi connectivity index (χ2n) is 3.12. The highest BCUT2D eigenvalue weighted by Gasteiger charge is 2.49. The molecule has 0 spiro atoms. The molecule has 70 valence electrons. The number of aliphatic carboxylic acids is 1. The summed E-state index contributed by atoms with van der Waals surface area (Å²) in [5.41, 5.74) is -0.722. The molecule has 0 aromatic carbocycles. The van der Waals surface area contributed by atoms with Crippen molar-refractivity contribution in [1.82, 2.24) is 5.32 Å². The number of likely N-dealkylation sites (N-methyl/N-ethyl adjacent to an activating group) is 1. The number of carbonyl (C=O) groups is 1. The first-order valence-corrected chi connectivity index (χ1v) is 4.18. The van der Waals surface area contributed by atoms with Crippen molar-refractivity contribution >= 4 is 5.97 Å². The molecule has 0 unspecified atom stereocenters. The van der Waals surface area contributed by atoms with Crippen LogP contribution in [0.2, 0.25) is 0 Å². The summed E-state index contributed by atoms with van der Waals surface area (Å²) in [6, 6.07) is 0. The van der Waals surface area contributed by atoms with Crippen molar-refractivity contribution < 1.29 is 14.6 Å². The van der Waals surface area contributed by atoms with Crippen molar-refractivity contribution in [3.63, 3.8) is 0 Å². The molecule has 1 rings (SSSR count). The lowest BCUT2D eigenvalue weighted by Gasteiger charge is -2.43. The highest BCUT2D eigenvalue weighted by atomic mass is 16.5. The van der Waals surface area contributed by atoms with Gasteiger partial charge in [-0.15, -0.1) is 0 Å². The van der Waals surface area contributed by atoms with Gasteiger partial charge in [-0.25, -0.2) is 0 Å². The fraction of sp³-hybridized carbons (Fsp3) is 0.875. The van der Waals surface area contributed by atoms with Gasteiger partial charge < -0.3 is 15.2 Å². The van der Waals surface area contributed by atoms with Crippen LogP contribution in [0.1, 0.15) is 19.8 Å². The van der Waals surface area contributed by atoms with E-state index in [4.69, 9.17) is 9.84 Å². The summed E-state index contributed by atoms with van der Waals surface area (Å²) >= 11 is 0. The zero-order valence-electron chi connectivity index (χ0n) is 7.46. The van der Waals surface area contributed by atoms with Gasteiger partial charge in [0.05, 0.1) is 6.10 Å². The van der Waals surface area contributed by atoms with Gasteiger partial charge in [-0.1, -0.05) is 0 Å². The third-order valence-corrected chi connectivity index (χ3v) is 2.44. The quantitative estimate of drug-likeness (QED) is 0.639. The van der Waals surface area contributed by atoms with Gasteiger partial charge in [-0.3, -0.25) is 4.79 Å². The molecule has 4 nitrogen and oxygen atoms in total. The Bertz CT molecular complexity index is 175. The fourth-order valence-electron chi connectivity index (χ4n) is 1.56. The maximum atomic E-state index is 10.8. The largest absolute Gasteiger partial charge is 0.480 e. The summed E-state index contributed by atoms with van der Waals surface area (Å²) in [5.74, 6) is -0.777. The van der Waals surface area contributed by atoms with Crippen LogP contribution in [0.15, 0.2) is 0 Å². The first-order chi connectivity index (χ1) is 5.64. The maximum Gasteiger partial charge on any atom is 0.324 e. The summed E-state index contributed by atoms with van der Waals surface area (Å²) in [5, 5.41) is 11.7. The van der Waals surface area contributed by atoms with Crippen LogP contribution in [0.3, 0.4) is 0 Å². The number of carboxylic acids is 1. The second kappa shape index (κ2) is 3.41. The first kappa shape index (κ1) is 9.48. The molecule has 2 N–H and O–H groups in total. The topological polar surface area (TPSA) is 58.6 Å². The lowest BCUT2D eigenvalue weighted by molar-refractivity contribution is -0.157. The van der Waals surface area contributed by atoms with Gasteiger partial charge in [0.1, 0.15) is 5.54 Å². The number of rotatable bonds is 4. The highest BCUT2D eigenvalue weighted by molar-refractivity contribution is 5.80. The summed E-state index contributed by atoms with van der Waals surface area (Å²) in [7, 11) is 1.68. The molecule has 0 aromatic heterocycles. The molecule has 12 heavy (non-hydrogen) atoms. The van der Waals surface area contributed by atoms with Gasteiger partial charge >= 0.3 is 5.97 Å². The molecule has 0 heterocycles. The van der Waals surface area contributed by atoms with Gasteiger partial charge in [0, 0.05) is 19.4 Å². The number of carboxylic acid groups (broad SMARTS) is 1. The number of hydrogen-bond acceptors (Lipinski definition) is 3. The van der Waals surface area contributed by atoms with Crippen molar-refractivity contribution in [2.45, 2.75) is 31.4 Å². The van der Waals surface area contributed by atoms with Crippen LogP contribution in [-0.2, 0) is 9.53 Å². The van der Waals surface area contributed by atoms with Crippen molar-refractivity contribution in [1.29, 1.82) is 0 Å². The molecule has 0 atom stereocenters. The predicted octanol–water partition coefficient (Wildman–Crippen LogP) is 0.228. The van der Waals surface area contributed by atoms with E-state index in [9.17, 15) is 4.79 Å². The Labute approximate surface area is 71.9 Å². The monoisotopic (exact) mass is 173 g/mol. The van der Waals surface area contributed by atoms with E-state index >= 15 is 0 Å². The lowest BCUT2D eigenvalue weighted by atomic mass is 9.74. The van der Waals surface area contributed by atoms with Gasteiger partial charge in [0.15, 0.2) is 0 Å². The number of nitrogens with one attached hydrogen (secondary N) is 1.